The van der Waals surface area contributed by atoms with Gasteiger partial charge in [0, 0.05) is 6.61 Å². The Balaban J connectivity index is 2.06. The third-order valence-corrected chi connectivity index (χ3v) is 3.81. The second-order valence-electron chi connectivity index (χ2n) is 5.72. The molecule has 0 aromatic carbocycles. The molecule has 106 valence electrons. The van der Waals surface area contributed by atoms with Crippen molar-refractivity contribution in [3.8, 4) is 0 Å². The van der Waals surface area contributed by atoms with Crippen LogP contribution in [-0.4, -0.2) is 24.2 Å². The molecule has 4 heteroatoms. The molecule has 1 fully saturated rings. The summed E-state index contributed by atoms with van der Waals surface area (Å²) in [5.74, 6) is -0.424. The summed E-state index contributed by atoms with van der Waals surface area (Å²) >= 11 is 0. The Kier molecular flexibility index (Phi) is 6.65. The van der Waals surface area contributed by atoms with E-state index in [0.717, 1.165) is 19.4 Å². The predicted molar refractivity (Wildman–Crippen MR) is 73.1 cm³/mol. The van der Waals surface area contributed by atoms with E-state index in [0.29, 0.717) is 12.5 Å². The molecule has 0 radical (unpaired) electrons. The van der Waals surface area contributed by atoms with Crippen LogP contribution >= 0.6 is 0 Å². The molecule has 1 saturated carbocycles. The molecule has 18 heavy (non-hydrogen) atoms. The number of hydrogen-bond donors (Lipinski definition) is 2. The van der Waals surface area contributed by atoms with E-state index in [9.17, 15) is 4.79 Å². The van der Waals surface area contributed by atoms with Crippen molar-refractivity contribution in [2.75, 3.05) is 6.61 Å². The fraction of sp³-hybridized carbons (Fsp3) is 0.929. The zero-order valence-corrected chi connectivity index (χ0v) is 11.6. The first-order valence-electron chi connectivity index (χ1n) is 7.23. The van der Waals surface area contributed by atoms with Gasteiger partial charge in [0.05, 0.1) is 11.6 Å². The minimum atomic E-state index is -0.873. The van der Waals surface area contributed by atoms with E-state index in [1.807, 2.05) is 0 Å². The Hall–Kier alpha value is -0.610. The number of rotatable bonds is 7. The molecule has 0 saturated heterocycles. The molecule has 1 aliphatic rings. The molecule has 1 amide bonds. The highest BCUT2D eigenvalue weighted by Crippen LogP contribution is 2.20. The van der Waals surface area contributed by atoms with Crippen LogP contribution in [0.4, 0.5) is 0 Å². The standard InChI is InChI=1S/C14H28N2O2/c1-14(16,13(15)17)10-6-7-11-18-12-8-4-2-3-5-9-12/h12H,2-11,16H2,1H3,(H2,15,17). The molecule has 0 spiro atoms. The van der Waals surface area contributed by atoms with Gasteiger partial charge in [0.1, 0.15) is 0 Å². The highest BCUT2D eigenvalue weighted by Gasteiger charge is 2.24. The molecule has 4 N–H and O–H groups in total. The van der Waals surface area contributed by atoms with Crippen LogP contribution in [0.25, 0.3) is 0 Å². The Morgan fingerprint density at radius 2 is 1.83 bits per heavy atom. The van der Waals surface area contributed by atoms with Crippen LogP contribution in [0.3, 0.4) is 0 Å². The normalized spacial score (nSPS) is 21.2. The Morgan fingerprint density at radius 1 is 1.22 bits per heavy atom. The molecule has 1 aliphatic carbocycles. The van der Waals surface area contributed by atoms with Gasteiger partial charge < -0.3 is 16.2 Å². The molecule has 1 rings (SSSR count). The summed E-state index contributed by atoms with van der Waals surface area (Å²) in [6.07, 6.45) is 10.6. The first-order valence-corrected chi connectivity index (χ1v) is 7.23. The minimum Gasteiger partial charge on any atom is -0.378 e. The third-order valence-electron chi connectivity index (χ3n) is 3.81. The van der Waals surface area contributed by atoms with Gasteiger partial charge in [0.15, 0.2) is 0 Å². The van der Waals surface area contributed by atoms with Crippen LogP contribution in [0.15, 0.2) is 0 Å². The molecule has 0 aliphatic heterocycles. The lowest BCUT2D eigenvalue weighted by Crippen LogP contribution is -2.49. The van der Waals surface area contributed by atoms with Crippen LogP contribution in [-0.2, 0) is 9.53 Å². The second kappa shape index (κ2) is 7.74. The Labute approximate surface area is 110 Å². The van der Waals surface area contributed by atoms with Gasteiger partial charge in [-0.25, -0.2) is 0 Å². The number of hydrogen-bond acceptors (Lipinski definition) is 3. The monoisotopic (exact) mass is 256 g/mol. The van der Waals surface area contributed by atoms with Gasteiger partial charge in [-0.15, -0.1) is 0 Å². The predicted octanol–water partition coefficient (Wildman–Crippen LogP) is 2.10. The number of nitrogens with two attached hydrogens (primary N) is 2. The molecule has 0 bridgehead atoms. The van der Waals surface area contributed by atoms with Crippen molar-refractivity contribution in [3.63, 3.8) is 0 Å². The number of unbranched alkanes of at least 4 members (excludes halogenated alkanes) is 1. The van der Waals surface area contributed by atoms with Crippen LogP contribution in [0, 0.1) is 0 Å². The first kappa shape index (κ1) is 15.4. The fourth-order valence-corrected chi connectivity index (χ4v) is 2.38. The number of amides is 1. The summed E-state index contributed by atoms with van der Waals surface area (Å²) in [5.41, 5.74) is 10.1. The third kappa shape index (κ3) is 5.83. The van der Waals surface area contributed by atoms with Crippen LogP contribution in [0.5, 0.6) is 0 Å². The van der Waals surface area contributed by atoms with E-state index in [4.69, 9.17) is 16.2 Å². The number of primary amides is 1. The van der Waals surface area contributed by atoms with Gasteiger partial charge in [-0.2, -0.15) is 0 Å². The Bertz CT molecular complexity index is 246. The first-order chi connectivity index (χ1) is 8.52. The average Bonchev–Trinajstić information content (AvgIpc) is 2.57. The maximum Gasteiger partial charge on any atom is 0.237 e. The fourth-order valence-electron chi connectivity index (χ4n) is 2.38. The van der Waals surface area contributed by atoms with Gasteiger partial charge in [0.2, 0.25) is 5.91 Å². The SMILES string of the molecule is CC(N)(CCCCOC1CCCCCC1)C(N)=O. The molecule has 0 aromatic heterocycles. The van der Waals surface area contributed by atoms with Crippen LogP contribution in [0.1, 0.15) is 64.7 Å². The van der Waals surface area contributed by atoms with E-state index in [-0.39, 0.29) is 0 Å². The van der Waals surface area contributed by atoms with Gasteiger partial charge in [-0.05, 0) is 39.0 Å². The summed E-state index contributed by atoms with van der Waals surface area (Å²) in [5, 5.41) is 0. The molecule has 1 unspecified atom stereocenters. The molecule has 4 nitrogen and oxygen atoms in total. The molecular weight excluding hydrogens is 228 g/mol. The highest BCUT2D eigenvalue weighted by atomic mass is 16.5. The molecule has 1 atom stereocenters. The maximum absolute atomic E-state index is 11.0. The van der Waals surface area contributed by atoms with Gasteiger partial charge in [0.25, 0.3) is 0 Å². The zero-order chi connectivity index (χ0) is 13.4. The van der Waals surface area contributed by atoms with Gasteiger partial charge >= 0.3 is 0 Å². The Morgan fingerprint density at radius 3 is 2.39 bits per heavy atom. The zero-order valence-electron chi connectivity index (χ0n) is 11.6. The van der Waals surface area contributed by atoms with Crippen molar-refractivity contribution in [3.05, 3.63) is 0 Å². The van der Waals surface area contributed by atoms with E-state index in [1.165, 1.54) is 38.5 Å². The van der Waals surface area contributed by atoms with Crippen LogP contribution < -0.4 is 11.5 Å². The van der Waals surface area contributed by atoms with E-state index in [2.05, 4.69) is 0 Å². The quantitative estimate of drug-likeness (QED) is 0.541. The van der Waals surface area contributed by atoms with Crippen molar-refractivity contribution in [2.24, 2.45) is 11.5 Å². The van der Waals surface area contributed by atoms with Crippen molar-refractivity contribution >= 4 is 5.91 Å². The van der Waals surface area contributed by atoms with Gasteiger partial charge in [-0.3, -0.25) is 4.79 Å². The van der Waals surface area contributed by atoms with Gasteiger partial charge in [-0.1, -0.05) is 25.7 Å². The molecular formula is C14H28N2O2. The number of carbonyl (C=O) groups is 1. The smallest absolute Gasteiger partial charge is 0.237 e. The van der Waals surface area contributed by atoms with Crippen molar-refractivity contribution in [1.29, 1.82) is 0 Å². The van der Waals surface area contributed by atoms with Crippen molar-refractivity contribution in [1.82, 2.24) is 0 Å². The summed E-state index contributed by atoms with van der Waals surface area (Å²) in [6, 6.07) is 0. The van der Waals surface area contributed by atoms with Crippen molar-refractivity contribution in [2.45, 2.75) is 76.4 Å². The topological polar surface area (TPSA) is 78.3 Å². The van der Waals surface area contributed by atoms with Crippen molar-refractivity contribution < 1.29 is 9.53 Å². The molecule has 0 heterocycles. The largest absolute Gasteiger partial charge is 0.378 e. The van der Waals surface area contributed by atoms with Crippen LogP contribution in [0.2, 0.25) is 0 Å². The highest BCUT2D eigenvalue weighted by molar-refractivity contribution is 5.83. The lowest BCUT2D eigenvalue weighted by atomic mass is 9.96. The summed E-state index contributed by atoms with van der Waals surface area (Å²) in [7, 11) is 0. The van der Waals surface area contributed by atoms with E-state index < -0.39 is 11.4 Å². The lowest BCUT2D eigenvalue weighted by Gasteiger charge is -2.20. The second-order valence-corrected chi connectivity index (χ2v) is 5.72. The average molecular weight is 256 g/mol. The molecule has 0 aromatic rings. The van der Waals surface area contributed by atoms with E-state index >= 15 is 0 Å². The summed E-state index contributed by atoms with van der Waals surface area (Å²) in [6.45, 7) is 2.47. The number of carbonyl (C=O) groups excluding carboxylic acids is 1. The number of ether oxygens (including phenoxy) is 1. The summed E-state index contributed by atoms with van der Waals surface area (Å²) < 4.78 is 5.88. The van der Waals surface area contributed by atoms with E-state index in [1.54, 1.807) is 6.92 Å². The maximum atomic E-state index is 11.0. The summed E-state index contributed by atoms with van der Waals surface area (Å²) in [4.78, 5) is 11.0. The minimum absolute atomic E-state index is 0.424. The lowest BCUT2D eigenvalue weighted by molar-refractivity contribution is -0.122.